The lowest BCUT2D eigenvalue weighted by molar-refractivity contribution is -0.136. The summed E-state index contributed by atoms with van der Waals surface area (Å²) in [5.41, 5.74) is 0.462. The maximum absolute atomic E-state index is 13.0. The van der Waals surface area contributed by atoms with Crippen molar-refractivity contribution < 1.29 is 19.1 Å². The molecular weight excluding hydrogens is 416 g/mol. The van der Waals surface area contributed by atoms with E-state index in [9.17, 15) is 14.4 Å². The molecule has 1 aromatic heterocycles. The van der Waals surface area contributed by atoms with Crippen LogP contribution in [0.4, 0.5) is 0 Å². The number of thiazole rings is 1. The van der Waals surface area contributed by atoms with E-state index in [-0.39, 0.29) is 24.6 Å². The van der Waals surface area contributed by atoms with Gasteiger partial charge in [-0.3, -0.25) is 14.2 Å². The van der Waals surface area contributed by atoms with Gasteiger partial charge in [0.2, 0.25) is 5.91 Å². The first kappa shape index (κ1) is 21.3. The number of hydrogen-bond acceptors (Lipinski definition) is 6. The molecule has 1 aliphatic heterocycles. The van der Waals surface area contributed by atoms with Crippen LogP contribution in [0.2, 0.25) is 5.02 Å². The van der Waals surface area contributed by atoms with Crippen LogP contribution in [0.1, 0.15) is 12.5 Å². The Hall–Kier alpha value is -2.42. The maximum atomic E-state index is 13.0. The largest absolute Gasteiger partial charge is 0.463 e. The molecule has 7 nitrogen and oxygen atoms in total. The van der Waals surface area contributed by atoms with Gasteiger partial charge < -0.3 is 14.4 Å². The van der Waals surface area contributed by atoms with Crippen LogP contribution >= 0.6 is 22.9 Å². The van der Waals surface area contributed by atoms with E-state index >= 15 is 0 Å². The molecule has 0 atom stereocenters. The molecule has 0 spiro atoms. The van der Waals surface area contributed by atoms with E-state index in [0.717, 1.165) is 16.9 Å². The Balaban J connectivity index is 2.01. The molecule has 2 heterocycles. The van der Waals surface area contributed by atoms with Gasteiger partial charge in [0.05, 0.1) is 30.4 Å². The Bertz CT molecular complexity index is 1050. The fraction of sp³-hybridized carbons (Fsp3) is 0.350. The van der Waals surface area contributed by atoms with Crippen molar-refractivity contribution in [2.75, 3.05) is 32.9 Å². The minimum atomic E-state index is -0.556. The first-order valence-electron chi connectivity index (χ1n) is 9.19. The Morgan fingerprint density at radius 2 is 1.93 bits per heavy atom. The van der Waals surface area contributed by atoms with E-state index in [2.05, 4.69) is 0 Å². The molecule has 1 aromatic carbocycles. The fourth-order valence-corrected chi connectivity index (χ4v) is 3.99. The van der Waals surface area contributed by atoms with Crippen molar-refractivity contribution >= 4 is 47.0 Å². The van der Waals surface area contributed by atoms with Crippen LogP contribution in [0.25, 0.3) is 12.2 Å². The summed E-state index contributed by atoms with van der Waals surface area (Å²) in [6.45, 7) is 3.70. The second kappa shape index (κ2) is 9.87. The van der Waals surface area contributed by atoms with Crippen LogP contribution in [0, 0.1) is 0 Å². The van der Waals surface area contributed by atoms with Gasteiger partial charge in [-0.2, -0.15) is 0 Å². The standard InChI is InChI=1S/C20H21ClN2O5S/c1-2-28-19(25)12-18-23(13-17(24)22-7-9-27-10-8-22)20(26)16(29-18)11-14-3-5-15(21)6-4-14/h3-6,11-12H,2,7-10,13H2,1H3/b16-11+,18-12-. The van der Waals surface area contributed by atoms with E-state index in [1.807, 2.05) is 0 Å². The number of hydrogen-bond donors (Lipinski definition) is 0. The molecule has 0 unspecified atom stereocenters. The number of rotatable bonds is 5. The predicted molar refractivity (Wildman–Crippen MR) is 111 cm³/mol. The van der Waals surface area contributed by atoms with Crippen molar-refractivity contribution in [2.24, 2.45) is 0 Å². The molecule has 29 heavy (non-hydrogen) atoms. The number of benzene rings is 1. The Labute approximate surface area is 176 Å². The molecule has 1 fully saturated rings. The lowest BCUT2D eigenvalue weighted by atomic mass is 10.2. The van der Waals surface area contributed by atoms with Crippen molar-refractivity contribution in [1.29, 1.82) is 0 Å². The van der Waals surface area contributed by atoms with Gasteiger partial charge in [0.25, 0.3) is 5.56 Å². The normalized spacial score (nSPS) is 15.6. The second-order valence-corrected chi connectivity index (χ2v) is 7.78. The molecule has 154 valence electrons. The number of carbonyl (C=O) groups is 2. The average molecular weight is 437 g/mol. The van der Waals surface area contributed by atoms with Gasteiger partial charge in [0.15, 0.2) is 0 Å². The highest BCUT2D eigenvalue weighted by Gasteiger charge is 2.19. The average Bonchev–Trinajstić information content (AvgIpc) is 2.99. The summed E-state index contributed by atoms with van der Waals surface area (Å²) in [7, 11) is 0. The SMILES string of the molecule is CCOC(=O)/C=c1\s/c(=C/c2ccc(Cl)cc2)c(=O)n1CC(=O)N1CCOCC1. The zero-order valence-corrected chi connectivity index (χ0v) is 17.5. The molecular formula is C20H21ClN2O5S. The van der Waals surface area contributed by atoms with Crippen molar-refractivity contribution in [1.82, 2.24) is 9.47 Å². The van der Waals surface area contributed by atoms with Crippen molar-refractivity contribution in [3.8, 4) is 0 Å². The van der Waals surface area contributed by atoms with Gasteiger partial charge in [0, 0.05) is 18.1 Å². The van der Waals surface area contributed by atoms with E-state index in [1.54, 1.807) is 42.2 Å². The fourth-order valence-electron chi connectivity index (χ4n) is 2.84. The summed E-state index contributed by atoms with van der Waals surface area (Å²) < 4.78 is 12.3. The third-order valence-electron chi connectivity index (χ3n) is 4.29. The van der Waals surface area contributed by atoms with Crippen molar-refractivity contribution in [3.05, 3.63) is 54.4 Å². The first-order chi connectivity index (χ1) is 14.0. The van der Waals surface area contributed by atoms with Gasteiger partial charge in [-0.15, -0.1) is 11.3 Å². The molecule has 2 aromatic rings. The molecule has 9 heteroatoms. The molecule has 0 saturated carbocycles. The highest BCUT2D eigenvalue weighted by atomic mass is 35.5. The Morgan fingerprint density at radius 3 is 2.59 bits per heavy atom. The lowest BCUT2D eigenvalue weighted by Crippen LogP contribution is -2.45. The number of carbonyl (C=O) groups excluding carboxylic acids is 2. The number of halogens is 1. The number of aromatic nitrogens is 1. The quantitative estimate of drug-likeness (QED) is 0.641. The molecule has 0 N–H and O–H groups in total. The third kappa shape index (κ3) is 5.56. The molecule has 0 radical (unpaired) electrons. The number of esters is 1. The smallest absolute Gasteiger partial charge is 0.333 e. The van der Waals surface area contributed by atoms with Crippen molar-refractivity contribution in [3.63, 3.8) is 0 Å². The molecule has 0 aliphatic carbocycles. The highest BCUT2D eigenvalue weighted by Crippen LogP contribution is 2.09. The van der Waals surface area contributed by atoms with Crippen LogP contribution in [0.15, 0.2) is 29.1 Å². The van der Waals surface area contributed by atoms with Crippen LogP contribution in [0.3, 0.4) is 0 Å². The van der Waals surface area contributed by atoms with Gasteiger partial charge >= 0.3 is 5.97 Å². The summed E-state index contributed by atoms with van der Waals surface area (Å²) in [6.07, 6.45) is 2.96. The topological polar surface area (TPSA) is 77.8 Å². The summed E-state index contributed by atoms with van der Waals surface area (Å²) in [5.74, 6) is -0.746. The number of amides is 1. The van der Waals surface area contributed by atoms with Crippen LogP contribution in [0.5, 0.6) is 0 Å². The Kier molecular flexibility index (Phi) is 7.24. The third-order valence-corrected chi connectivity index (χ3v) is 5.60. The van der Waals surface area contributed by atoms with Crippen LogP contribution in [-0.2, 0) is 25.6 Å². The second-order valence-electron chi connectivity index (χ2n) is 6.28. The molecule has 1 amide bonds. The van der Waals surface area contributed by atoms with Crippen molar-refractivity contribution in [2.45, 2.75) is 13.5 Å². The number of nitrogens with zero attached hydrogens (tertiary/aromatic N) is 2. The molecule has 1 aliphatic rings. The highest BCUT2D eigenvalue weighted by molar-refractivity contribution is 7.07. The van der Waals surface area contributed by atoms with Gasteiger partial charge in [-0.1, -0.05) is 23.7 Å². The first-order valence-corrected chi connectivity index (χ1v) is 10.4. The number of morpholine rings is 1. The maximum Gasteiger partial charge on any atom is 0.333 e. The zero-order chi connectivity index (χ0) is 20.8. The van der Waals surface area contributed by atoms with E-state index in [1.165, 1.54) is 10.6 Å². The summed E-state index contributed by atoms with van der Waals surface area (Å²) in [4.78, 5) is 39.2. The molecule has 0 bridgehead atoms. The zero-order valence-electron chi connectivity index (χ0n) is 15.9. The van der Waals surface area contributed by atoms with Gasteiger partial charge in [-0.25, -0.2) is 4.79 Å². The van der Waals surface area contributed by atoms with E-state index in [0.29, 0.717) is 40.5 Å². The minimum Gasteiger partial charge on any atom is -0.463 e. The van der Waals surface area contributed by atoms with Crippen LogP contribution in [-0.4, -0.2) is 54.3 Å². The summed E-state index contributed by atoms with van der Waals surface area (Å²) in [5, 5.41) is 0.596. The van der Waals surface area contributed by atoms with Gasteiger partial charge in [-0.05, 0) is 30.7 Å². The van der Waals surface area contributed by atoms with Crippen LogP contribution < -0.4 is 14.8 Å². The molecule has 1 saturated heterocycles. The lowest BCUT2D eigenvalue weighted by Gasteiger charge is -2.26. The van der Waals surface area contributed by atoms with E-state index < -0.39 is 5.97 Å². The Morgan fingerprint density at radius 1 is 1.24 bits per heavy atom. The van der Waals surface area contributed by atoms with E-state index in [4.69, 9.17) is 21.1 Å². The molecule has 3 rings (SSSR count). The minimum absolute atomic E-state index is 0.144. The summed E-state index contributed by atoms with van der Waals surface area (Å²) in [6, 6.07) is 7.04. The number of ether oxygens (including phenoxy) is 2. The monoisotopic (exact) mass is 436 g/mol. The van der Waals surface area contributed by atoms with Gasteiger partial charge in [0.1, 0.15) is 11.2 Å². The summed E-state index contributed by atoms with van der Waals surface area (Å²) >= 11 is 7.05. The predicted octanol–water partition coefficient (Wildman–Crippen LogP) is 0.594.